The number of nitrogens with zero attached hydrogens (tertiary/aromatic N) is 3. The SMILES string of the molecule is N#Cc1nc(NC2CCCC2CN)ccc1[N+](=O)[O-]. The maximum atomic E-state index is 10.7. The molecule has 1 aromatic rings. The van der Waals surface area contributed by atoms with E-state index in [0.29, 0.717) is 18.3 Å². The van der Waals surface area contributed by atoms with Crippen LogP contribution in [-0.2, 0) is 0 Å². The Hall–Kier alpha value is -2.20. The van der Waals surface area contributed by atoms with Gasteiger partial charge in [0.15, 0.2) is 0 Å². The molecule has 1 heterocycles. The van der Waals surface area contributed by atoms with Gasteiger partial charge in [-0.15, -0.1) is 0 Å². The minimum absolute atomic E-state index is 0.169. The lowest BCUT2D eigenvalue weighted by Gasteiger charge is -2.19. The van der Waals surface area contributed by atoms with Crippen molar-refractivity contribution in [2.75, 3.05) is 11.9 Å². The summed E-state index contributed by atoms with van der Waals surface area (Å²) in [5.74, 6) is 0.884. The number of nitriles is 1. The lowest BCUT2D eigenvalue weighted by Crippen LogP contribution is -2.29. The first-order valence-corrected chi connectivity index (χ1v) is 6.18. The molecule has 1 aliphatic carbocycles. The minimum atomic E-state index is -0.604. The Morgan fingerprint density at radius 2 is 2.37 bits per heavy atom. The molecule has 7 nitrogen and oxygen atoms in total. The van der Waals surface area contributed by atoms with E-state index in [0.717, 1.165) is 19.3 Å². The Bertz CT molecular complexity index is 525. The van der Waals surface area contributed by atoms with Gasteiger partial charge in [0.25, 0.3) is 0 Å². The Kier molecular flexibility index (Phi) is 3.92. The highest BCUT2D eigenvalue weighted by Crippen LogP contribution is 2.28. The molecule has 0 aromatic carbocycles. The lowest BCUT2D eigenvalue weighted by molar-refractivity contribution is -0.385. The molecular formula is C12H15N5O2. The van der Waals surface area contributed by atoms with Crippen LogP contribution in [0.5, 0.6) is 0 Å². The monoisotopic (exact) mass is 261 g/mol. The first-order valence-electron chi connectivity index (χ1n) is 6.18. The predicted octanol–water partition coefficient (Wildman–Crippen LogP) is 1.40. The Balaban J connectivity index is 2.18. The molecule has 7 heteroatoms. The molecule has 0 spiro atoms. The second-order valence-electron chi connectivity index (χ2n) is 4.61. The molecule has 0 saturated heterocycles. The zero-order valence-electron chi connectivity index (χ0n) is 10.4. The highest BCUT2D eigenvalue weighted by Gasteiger charge is 2.26. The average Bonchev–Trinajstić information content (AvgIpc) is 2.85. The fourth-order valence-electron chi connectivity index (χ4n) is 2.46. The van der Waals surface area contributed by atoms with Crippen LogP contribution < -0.4 is 11.1 Å². The summed E-state index contributed by atoms with van der Waals surface area (Å²) in [5, 5.41) is 22.8. The summed E-state index contributed by atoms with van der Waals surface area (Å²) in [6.07, 6.45) is 3.19. The quantitative estimate of drug-likeness (QED) is 0.624. The first-order chi connectivity index (χ1) is 9.15. The number of rotatable bonds is 4. The van der Waals surface area contributed by atoms with E-state index in [1.165, 1.54) is 12.1 Å². The average molecular weight is 261 g/mol. The first kappa shape index (κ1) is 13.2. The topological polar surface area (TPSA) is 118 Å². The van der Waals surface area contributed by atoms with Gasteiger partial charge in [-0.1, -0.05) is 6.42 Å². The van der Waals surface area contributed by atoms with Crippen LogP contribution in [0.15, 0.2) is 12.1 Å². The summed E-state index contributed by atoms with van der Waals surface area (Å²) in [6, 6.07) is 4.82. The lowest BCUT2D eigenvalue weighted by atomic mass is 10.0. The fourth-order valence-corrected chi connectivity index (χ4v) is 2.46. The normalized spacial score (nSPS) is 21.9. The van der Waals surface area contributed by atoms with Gasteiger partial charge in [-0.3, -0.25) is 10.1 Å². The summed E-state index contributed by atoms with van der Waals surface area (Å²) in [5.41, 5.74) is 5.26. The molecule has 0 radical (unpaired) electrons. The van der Waals surface area contributed by atoms with Crippen molar-refractivity contribution in [1.29, 1.82) is 5.26 Å². The van der Waals surface area contributed by atoms with Crippen LogP contribution in [0.1, 0.15) is 25.0 Å². The van der Waals surface area contributed by atoms with E-state index in [1.807, 2.05) is 0 Å². The largest absolute Gasteiger partial charge is 0.367 e. The van der Waals surface area contributed by atoms with Crippen molar-refractivity contribution in [3.05, 3.63) is 27.9 Å². The van der Waals surface area contributed by atoms with Crippen molar-refractivity contribution in [2.24, 2.45) is 11.7 Å². The third kappa shape index (κ3) is 2.80. The van der Waals surface area contributed by atoms with Crippen LogP contribution in [-0.4, -0.2) is 22.5 Å². The fraction of sp³-hybridized carbons (Fsp3) is 0.500. The van der Waals surface area contributed by atoms with E-state index in [4.69, 9.17) is 11.0 Å². The van der Waals surface area contributed by atoms with E-state index >= 15 is 0 Å². The number of pyridine rings is 1. The van der Waals surface area contributed by atoms with Crippen molar-refractivity contribution < 1.29 is 4.92 Å². The van der Waals surface area contributed by atoms with Crippen LogP contribution >= 0.6 is 0 Å². The van der Waals surface area contributed by atoms with Gasteiger partial charge in [0, 0.05) is 12.1 Å². The van der Waals surface area contributed by atoms with E-state index in [-0.39, 0.29) is 17.4 Å². The van der Waals surface area contributed by atoms with Crippen molar-refractivity contribution >= 4 is 11.5 Å². The highest BCUT2D eigenvalue weighted by molar-refractivity contribution is 5.50. The Labute approximate surface area is 110 Å². The molecule has 1 aromatic heterocycles. The standard InChI is InChI=1S/C12H15N5O2/c13-6-8-2-1-3-9(8)15-12-5-4-11(17(18)19)10(7-14)16-12/h4-5,8-9H,1-3,6,13H2,(H,15,16). The van der Waals surface area contributed by atoms with Crippen molar-refractivity contribution in [2.45, 2.75) is 25.3 Å². The second-order valence-corrected chi connectivity index (χ2v) is 4.61. The minimum Gasteiger partial charge on any atom is -0.367 e. The van der Waals surface area contributed by atoms with Crippen molar-refractivity contribution in [3.63, 3.8) is 0 Å². The number of nitro groups is 1. The molecule has 100 valence electrons. The second kappa shape index (κ2) is 5.63. The van der Waals surface area contributed by atoms with Crippen molar-refractivity contribution in [1.82, 2.24) is 4.98 Å². The van der Waals surface area contributed by atoms with Gasteiger partial charge < -0.3 is 11.1 Å². The summed E-state index contributed by atoms with van der Waals surface area (Å²) in [6.45, 7) is 0.607. The van der Waals surface area contributed by atoms with Crippen LogP contribution in [0.3, 0.4) is 0 Å². The Morgan fingerprint density at radius 3 is 3.00 bits per heavy atom. The van der Waals surface area contributed by atoms with Crippen LogP contribution in [0.25, 0.3) is 0 Å². The van der Waals surface area contributed by atoms with Gasteiger partial charge in [-0.2, -0.15) is 5.26 Å². The molecule has 1 fully saturated rings. The van der Waals surface area contributed by atoms with Gasteiger partial charge >= 0.3 is 5.69 Å². The van der Waals surface area contributed by atoms with E-state index < -0.39 is 4.92 Å². The van der Waals surface area contributed by atoms with Gasteiger partial charge in [0.05, 0.1) is 4.92 Å². The third-order valence-corrected chi connectivity index (χ3v) is 3.47. The number of hydrogen-bond donors (Lipinski definition) is 2. The predicted molar refractivity (Wildman–Crippen MR) is 69.4 cm³/mol. The van der Waals surface area contributed by atoms with Crippen LogP contribution in [0, 0.1) is 27.4 Å². The molecule has 2 atom stereocenters. The van der Waals surface area contributed by atoms with E-state index in [1.54, 1.807) is 6.07 Å². The molecule has 0 aliphatic heterocycles. The molecule has 1 saturated carbocycles. The third-order valence-electron chi connectivity index (χ3n) is 3.47. The number of nitrogens with one attached hydrogen (secondary N) is 1. The van der Waals surface area contributed by atoms with Gasteiger partial charge in [-0.25, -0.2) is 4.98 Å². The summed E-state index contributed by atoms with van der Waals surface area (Å²) >= 11 is 0. The van der Waals surface area contributed by atoms with Gasteiger partial charge in [-0.05, 0) is 31.4 Å². The summed E-state index contributed by atoms with van der Waals surface area (Å²) in [4.78, 5) is 14.1. The van der Waals surface area contributed by atoms with Crippen LogP contribution in [0.4, 0.5) is 11.5 Å². The maximum Gasteiger partial charge on any atom is 0.305 e. The molecule has 1 aliphatic rings. The Morgan fingerprint density at radius 1 is 1.58 bits per heavy atom. The summed E-state index contributed by atoms with van der Waals surface area (Å²) < 4.78 is 0. The number of aromatic nitrogens is 1. The molecule has 2 rings (SSSR count). The smallest absolute Gasteiger partial charge is 0.305 e. The molecular weight excluding hydrogens is 246 g/mol. The number of anilines is 1. The molecule has 0 amide bonds. The molecule has 2 unspecified atom stereocenters. The van der Waals surface area contributed by atoms with Crippen molar-refractivity contribution in [3.8, 4) is 6.07 Å². The highest BCUT2D eigenvalue weighted by atomic mass is 16.6. The summed E-state index contributed by atoms with van der Waals surface area (Å²) in [7, 11) is 0. The van der Waals surface area contributed by atoms with E-state index in [2.05, 4.69) is 10.3 Å². The maximum absolute atomic E-state index is 10.7. The zero-order chi connectivity index (χ0) is 13.8. The van der Waals surface area contributed by atoms with Gasteiger partial charge in [0.2, 0.25) is 5.69 Å². The molecule has 19 heavy (non-hydrogen) atoms. The van der Waals surface area contributed by atoms with Crippen LogP contribution in [0.2, 0.25) is 0 Å². The van der Waals surface area contributed by atoms with E-state index in [9.17, 15) is 10.1 Å². The molecule has 0 bridgehead atoms. The number of hydrogen-bond acceptors (Lipinski definition) is 6. The zero-order valence-corrected chi connectivity index (χ0v) is 10.4. The molecule has 3 N–H and O–H groups in total. The van der Waals surface area contributed by atoms with Gasteiger partial charge in [0.1, 0.15) is 11.9 Å². The number of nitrogens with two attached hydrogens (primary N) is 1.